The maximum absolute atomic E-state index is 6.19. The van der Waals surface area contributed by atoms with Crippen LogP contribution in [0.25, 0.3) is 0 Å². The van der Waals surface area contributed by atoms with Crippen LogP contribution in [0, 0.1) is 0 Å². The summed E-state index contributed by atoms with van der Waals surface area (Å²) >= 11 is 7.94. The van der Waals surface area contributed by atoms with E-state index in [1.807, 2.05) is 30.3 Å². The summed E-state index contributed by atoms with van der Waals surface area (Å²) in [5.74, 6) is 0.855. The normalized spacial score (nSPS) is 10.5. The summed E-state index contributed by atoms with van der Waals surface area (Å²) in [5, 5.41) is 0.787. The second-order valence-corrected chi connectivity index (χ2v) is 5.06. The predicted octanol–water partition coefficient (Wildman–Crippen LogP) is 3.49. The number of rotatable bonds is 4. The number of hydrogen-bond donors (Lipinski definition) is 1. The molecule has 1 aromatic carbocycles. The smallest absolute Gasteiger partial charge is 0.0449 e. The Morgan fingerprint density at radius 3 is 2.59 bits per heavy atom. The topological polar surface area (TPSA) is 38.9 Å². The first-order valence-corrected chi connectivity index (χ1v) is 6.66. The number of thioether (sulfide) groups is 1. The van der Waals surface area contributed by atoms with E-state index in [1.54, 1.807) is 24.2 Å². The number of hydrogen-bond acceptors (Lipinski definition) is 3. The van der Waals surface area contributed by atoms with Crippen LogP contribution in [0.2, 0.25) is 5.02 Å². The molecule has 0 bridgehead atoms. The largest absolute Gasteiger partial charge is 0.326 e. The molecule has 0 aliphatic heterocycles. The molecule has 1 heterocycles. The molecule has 2 N–H and O–H groups in total. The first kappa shape index (κ1) is 12.4. The molecule has 2 nitrogen and oxygen atoms in total. The molecule has 0 saturated heterocycles. The van der Waals surface area contributed by atoms with Crippen LogP contribution < -0.4 is 5.73 Å². The van der Waals surface area contributed by atoms with Crippen molar-refractivity contribution in [2.45, 2.75) is 17.2 Å². The van der Waals surface area contributed by atoms with Gasteiger partial charge in [0, 0.05) is 34.6 Å². The van der Waals surface area contributed by atoms with Crippen molar-refractivity contribution >= 4 is 23.4 Å². The second kappa shape index (κ2) is 6.05. The Morgan fingerprint density at radius 1 is 1.18 bits per heavy atom. The number of nitrogens with zero attached hydrogens (tertiary/aromatic N) is 1. The summed E-state index contributed by atoms with van der Waals surface area (Å²) in [4.78, 5) is 5.18. The summed E-state index contributed by atoms with van der Waals surface area (Å²) < 4.78 is 0. The Morgan fingerprint density at radius 2 is 1.94 bits per heavy atom. The van der Waals surface area contributed by atoms with Crippen LogP contribution >= 0.6 is 23.4 Å². The fourth-order valence-corrected chi connectivity index (χ4v) is 2.67. The van der Waals surface area contributed by atoms with Gasteiger partial charge in [-0.25, -0.2) is 0 Å². The minimum atomic E-state index is 0.525. The van der Waals surface area contributed by atoms with Crippen molar-refractivity contribution in [2.24, 2.45) is 5.73 Å². The van der Waals surface area contributed by atoms with Crippen LogP contribution in [-0.2, 0) is 12.3 Å². The van der Waals surface area contributed by atoms with Crippen LogP contribution in [0.4, 0.5) is 0 Å². The number of pyridine rings is 1. The Balaban J connectivity index is 2.04. The van der Waals surface area contributed by atoms with Gasteiger partial charge in [-0.2, -0.15) is 0 Å². The third-order valence-corrected chi connectivity index (χ3v) is 3.81. The Bertz CT molecular complexity index is 488. The molecule has 88 valence electrons. The third kappa shape index (κ3) is 3.46. The highest BCUT2D eigenvalue weighted by Crippen LogP contribution is 2.26. The Hall–Kier alpha value is -1.03. The fourth-order valence-electron chi connectivity index (χ4n) is 1.43. The van der Waals surface area contributed by atoms with E-state index in [0.29, 0.717) is 6.54 Å². The zero-order valence-electron chi connectivity index (χ0n) is 9.27. The molecule has 0 atom stereocenters. The van der Waals surface area contributed by atoms with E-state index >= 15 is 0 Å². The lowest BCUT2D eigenvalue weighted by molar-refractivity contribution is 1.07. The highest BCUT2D eigenvalue weighted by molar-refractivity contribution is 7.98. The number of benzene rings is 1. The van der Waals surface area contributed by atoms with Crippen molar-refractivity contribution in [1.82, 2.24) is 4.98 Å². The summed E-state index contributed by atoms with van der Waals surface area (Å²) in [5.41, 5.74) is 7.76. The number of aromatic nitrogens is 1. The molecule has 0 fully saturated rings. The average Bonchev–Trinajstić information content (AvgIpc) is 2.38. The maximum atomic E-state index is 6.19. The molecule has 0 saturated carbocycles. The molecule has 0 radical (unpaired) electrons. The molecular weight excluding hydrogens is 252 g/mol. The molecule has 2 rings (SSSR count). The van der Waals surface area contributed by atoms with Crippen molar-refractivity contribution in [3.05, 3.63) is 58.9 Å². The molecule has 0 unspecified atom stereocenters. The molecule has 0 aliphatic rings. The lowest BCUT2D eigenvalue weighted by Crippen LogP contribution is -1.96. The van der Waals surface area contributed by atoms with Gasteiger partial charge in [0.05, 0.1) is 0 Å². The van der Waals surface area contributed by atoms with Crippen molar-refractivity contribution in [2.75, 3.05) is 0 Å². The van der Waals surface area contributed by atoms with E-state index in [-0.39, 0.29) is 0 Å². The number of nitrogens with two attached hydrogens (primary N) is 1. The van der Waals surface area contributed by atoms with Gasteiger partial charge in [-0.3, -0.25) is 4.98 Å². The van der Waals surface area contributed by atoms with Crippen molar-refractivity contribution in [3.63, 3.8) is 0 Å². The molecule has 0 aliphatic carbocycles. The van der Waals surface area contributed by atoms with Crippen LogP contribution in [0.15, 0.2) is 47.6 Å². The minimum Gasteiger partial charge on any atom is -0.326 e. The minimum absolute atomic E-state index is 0.525. The molecule has 0 spiro atoms. The summed E-state index contributed by atoms with van der Waals surface area (Å²) in [6.07, 6.45) is 3.59. The molecular formula is C13H13ClN2S. The van der Waals surface area contributed by atoms with Crippen molar-refractivity contribution < 1.29 is 0 Å². The highest BCUT2D eigenvalue weighted by atomic mass is 35.5. The summed E-state index contributed by atoms with van der Waals surface area (Å²) in [7, 11) is 0. The third-order valence-electron chi connectivity index (χ3n) is 2.40. The zero-order valence-corrected chi connectivity index (χ0v) is 10.8. The zero-order chi connectivity index (χ0) is 12.1. The summed E-state index contributed by atoms with van der Waals surface area (Å²) in [6.45, 7) is 0.525. The molecule has 0 amide bonds. The van der Waals surface area contributed by atoms with Crippen LogP contribution in [0.1, 0.15) is 11.1 Å². The lowest BCUT2D eigenvalue weighted by Gasteiger charge is -2.06. The van der Waals surface area contributed by atoms with Crippen LogP contribution in [0.3, 0.4) is 0 Å². The molecule has 17 heavy (non-hydrogen) atoms. The van der Waals surface area contributed by atoms with Gasteiger partial charge in [0.25, 0.3) is 0 Å². The van der Waals surface area contributed by atoms with Gasteiger partial charge >= 0.3 is 0 Å². The van der Waals surface area contributed by atoms with Crippen LogP contribution in [0.5, 0.6) is 0 Å². The SMILES string of the molecule is NCc1ccc(CSc2ccncc2)c(Cl)c1. The monoisotopic (exact) mass is 264 g/mol. The van der Waals surface area contributed by atoms with E-state index in [1.165, 1.54) is 4.90 Å². The Kier molecular flexibility index (Phi) is 4.42. The highest BCUT2D eigenvalue weighted by Gasteiger charge is 2.02. The van der Waals surface area contributed by atoms with Gasteiger partial charge in [0.15, 0.2) is 0 Å². The van der Waals surface area contributed by atoms with Crippen molar-refractivity contribution in [1.29, 1.82) is 0 Å². The van der Waals surface area contributed by atoms with Gasteiger partial charge in [0.1, 0.15) is 0 Å². The van der Waals surface area contributed by atoms with Gasteiger partial charge in [-0.1, -0.05) is 23.7 Å². The second-order valence-electron chi connectivity index (χ2n) is 3.60. The molecule has 1 aromatic heterocycles. The Labute approximate surface area is 110 Å². The van der Waals surface area contributed by atoms with E-state index < -0.39 is 0 Å². The van der Waals surface area contributed by atoms with E-state index in [0.717, 1.165) is 21.9 Å². The van der Waals surface area contributed by atoms with Crippen molar-refractivity contribution in [3.8, 4) is 0 Å². The fraction of sp³-hybridized carbons (Fsp3) is 0.154. The number of halogens is 1. The van der Waals surface area contributed by atoms with E-state index in [9.17, 15) is 0 Å². The van der Waals surface area contributed by atoms with Crippen LogP contribution in [-0.4, -0.2) is 4.98 Å². The lowest BCUT2D eigenvalue weighted by atomic mass is 10.1. The van der Waals surface area contributed by atoms with Gasteiger partial charge < -0.3 is 5.73 Å². The first-order chi connectivity index (χ1) is 8.29. The van der Waals surface area contributed by atoms with Gasteiger partial charge in [-0.05, 0) is 29.3 Å². The van der Waals surface area contributed by atoms with Gasteiger partial charge in [0.2, 0.25) is 0 Å². The molecule has 2 aromatic rings. The standard InChI is InChI=1S/C13H13ClN2S/c14-13-7-10(8-15)1-2-11(13)9-17-12-3-5-16-6-4-12/h1-7H,8-9,15H2. The molecule has 4 heteroatoms. The quantitative estimate of drug-likeness (QED) is 0.860. The summed E-state index contributed by atoms with van der Waals surface area (Å²) in [6, 6.07) is 9.98. The maximum Gasteiger partial charge on any atom is 0.0449 e. The predicted molar refractivity (Wildman–Crippen MR) is 73.1 cm³/mol. The van der Waals surface area contributed by atoms with E-state index in [2.05, 4.69) is 4.98 Å². The van der Waals surface area contributed by atoms with Gasteiger partial charge in [-0.15, -0.1) is 11.8 Å². The first-order valence-electron chi connectivity index (χ1n) is 5.30. The average molecular weight is 265 g/mol. The van der Waals surface area contributed by atoms with E-state index in [4.69, 9.17) is 17.3 Å².